The molecule has 2 heteroatoms. The lowest BCUT2D eigenvalue weighted by Crippen LogP contribution is -2.52. The lowest BCUT2D eigenvalue weighted by molar-refractivity contribution is 1.73. The molecule has 2 aromatic carbocycles. The van der Waals surface area contributed by atoms with Gasteiger partial charge in [-0.3, -0.25) is 0 Å². The number of hydrogen-bond acceptors (Lipinski definition) is 0. The predicted octanol–water partition coefficient (Wildman–Crippen LogP) is 2.55. The highest BCUT2D eigenvalue weighted by molar-refractivity contribution is 7.38. The van der Waals surface area contributed by atoms with Crippen LogP contribution in [-0.4, -0.2) is 7.38 Å². The van der Waals surface area contributed by atoms with Crippen molar-refractivity contribution in [2.45, 2.75) is 6.92 Å². The highest BCUT2D eigenvalue weighted by Crippen LogP contribution is 2.09. The van der Waals surface area contributed by atoms with E-state index in [1.54, 1.807) is 0 Å². The zero-order valence-electron chi connectivity index (χ0n) is 9.65. The molecule has 0 fully saturated rings. The van der Waals surface area contributed by atoms with Crippen molar-refractivity contribution in [3.8, 4) is 11.5 Å². The number of benzene rings is 2. The zero-order chi connectivity index (χ0) is 12.1. The molecule has 17 heavy (non-hydrogen) atoms. The summed E-state index contributed by atoms with van der Waals surface area (Å²) >= 11 is 6.86. The smallest absolute Gasteiger partial charge is 0.138 e. The van der Waals surface area contributed by atoms with E-state index in [1.165, 1.54) is 0 Å². The number of halogens is 1. The van der Waals surface area contributed by atoms with Gasteiger partial charge in [-0.05, 0) is 17.3 Å². The van der Waals surface area contributed by atoms with E-state index in [-0.39, 0.29) is 0 Å². The van der Waals surface area contributed by atoms with E-state index in [0.29, 0.717) is 0 Å². The molecule has 0 bridgehead atoms. The van der Waals surface area contributed by atoms with Crippen molar-refractivity contribution in [1.29, 1.82) is 0 Å². The Kier molecular flexibility index (Phi) is 3.68. The van der Waals surface area contributed by atoms with Gasteiger partial charge >= 0.3 is 0 Å². The lowest BCUT2D eigenvalue weighted by Gasteiger charge is -2.19. The first-order valence-corrected chi connectivity index (χ1v) is 8.52. The second kappa shape index (κ2) is 5.22. The summed E-state index contributed by atoms with van der Waals surface area (Å²) in [6, 6.07) is 20.3. The molecule has 0 amide bonds. The molecule has 0 aliphatic heterocycles. The fraction of sp³-hybridized carbons (Fsp3) is 0.0667. The van der Waals surface area contributed by atoms with Crippen LogP contribution in [0.5, 0.6) is 0 Å². The third-order valence-electron chi connectivity index (χ3n) is 2.64. The van der Waals surface area contributed by atoms with Crippen LogP contribution in [0.2, 0.25) is 0 Å². The van der Waals surface area contributed by atoms with E-state index in [0.717, 1.165) is 10.4 Å². The Hall–Kier alpha value is -1.49. The average Bonchev–Trinajstić information content (AvgIpc) is 2.41. The van der Waals surface area contributed by atoms with Gasteiger partial charge in [0.15, 0.2) is 0 Å². The minimum Gasteiger partial charge on any atom is -0.138 e. The van der Waals surface area contributed by atoms with Crippen molar-refractivity contribution < 1.29 is 0 Å². The second-order valence-electron chi connectivity index (χ2n) is 3.77. The monoisotopic (exact) mass is 256 g/mol. The Morgan fingerprint density at radius 1 is 0.824 bits per heavy atom. The minimum atomic E-state index is -2.39. The van der Waals surface area contributed by atoms with Gasteiger partial charge in [-0.15, -0.1) is 22.5 Å². The van der Waals surface area contributed by atoms with Crippen LogP contribution in [-0.2, 0) is 0 Å². The molecule has 0 saturated carbocycles. The van der Waals surface area contributed by atoms with Gasteiger partial charge in [0.2, 0.25) is 0 Å². The molecule has 0 aliphatic carbocycles. The highest BCUT2D eigenvalue weighted by Gasteiger charge is 2.33. The fourth-order valence-corrected chi connectivity index (χ4v) is 5.13. The highest BCUT2D eigenvalue weighted by atomic mass is 35.6. The molecule has 0 spiro atoms. The maximum absolute atomic E-state index is 6.86. The topological polar surface area (TPSA) is 0 Å². The molecule has 0 N–H and O–H groups in total. The summed E-state index contributed by atoms with van der Waals surface area (Å²) in [5.41, 5.74) is 3.25. The van der Waals surface area contributed by atoms with Crippen molar-refractivity contribution >= 4 is 28.8 Å². The average molecular weight is 257 g/mol. The first kappa shape index (κ1) is 12.0. The Morgan fingerprint density at radius 2 is 1.24 bits per heavy atom. The molecular weight excluding hydrogens is 244 g/mol. The van der Waals surface area contributed by atoms with Crippen molar-refractivity contribution in [2.75, 3.05) is 0 Å². The maximum atomic E-state index is 6.86. The van der Waals surface area contributed by atoms with Gasteiger partial charge in [0.1, 0.15) is 0 Å². The minimum absolute atomic E-state index is 1.14. The molecule has 2 rings (SSSR count). The molecule has 2 aromatic rings. The van der Waals surface area contributed by atoms with Crippen LogP contribution in [0.25, 0.3) is 0 Å². The van der Waals surface area contributed by atoms with Crippen LogP contribution in [0.4, 0.5) is 0 Å². The summed E-state index contributed by atoms with van der Waals surface area (Å²) in [7, 11) is -2.39. The van der Waals surface area contributed by atoms with Gasteiger partial charge < -0.3 is 0 Å². The van der Waals surface area contributed by atoms with Gasteiger partial charge in [-0.2, -0.15) is 0 Å². The lowest BCUT2D eigenvalue weighted by atomic mass is 10.4. The molecule has 0 saturated heterocycles. The van der Waals surface area contributed by atoms with Gasteiger partial charge in [-0.1, -0.05) is 60.7 Å². The Bertz CT molecular complexity index is 498. The third kappa shape index (κ3) is 2.44. The molecule has 84 valence electrons. The van der Waals surface area contributed by atoms with Crippen LogP contribution in [0.1, 0.15) is 6.92 Å². The Morgan fingerprint density at radius 3 is 1.59 bits per heavy atom. The van der Waals surface area contributed by atoms with Crippen molar-refractivity contribution in [2.24, 2.45) is 0 Å². The number of hydrogen-bond donors (Lipinski definition) is 0. The fourth-order valence-electron chi connectivity index (χ4n) is 1.82. The normalized spacial score (nSPS) is 10.5. The van der Waals surface area contributed by atoms with Gasteiger partial charge in [-0.25, -0.2) is 0 Å². The van der Waals surface area contributed by atoms with Crippen LogP contribution in [0.15, 0.2) is 60.7 Å². The molecule has 0 unspecified atom stereocenters. The number of rotatable bonds is 2. The standard InChI is InChI=1S/C15H13ClSi/c1-2-13-17(16,14-9-5-3-6-10-14)15-11-7-4-8-12-15/h3-12H,1H3. The van der Waals surface area contributed by atoms with Crippen LogP contribution in [0, 0.1) is 11.5 Å². The molecule has 0 aromatic heterocycles. The van der Waals surface area contributed by atoms with Crippen molar-refractivity contribution in [3.05, 3.63) is 60.7 Å². The van der Waals surface area contributed by atoms with Gasteiger partial charge in [0.25, 0.3) is 7.38 Å². The Labute approximate surface area is 108 Å². The van der Waals surface area contributed by atoms with Crippen molar-refractivity contribution in [1.82, 2.24) is 0 Å². The largest absolute Gasteiger partial charge is 0.293 e. The van der Waals surface area contributed by atoms with E-state index in [1.807, 2.05) is 43.3 Å². The van der Waals surface area contributed by atoms with E-state index < -0.39 is 7.38 Å². The summed E-state index contributed by atoms with van der Waals surface area (Å²) in [4.78, 5) is 0. The van der Waals surface area contributed by atoms with Gasteiger partial charge in [0.05, 0.1) is 0 Å². The molecule has 0 aliphatic rings. The first-order chi connectivity index (χ1) is 8.27. The van der Waals surface area contributed by atoms with E-state index in [4.69, 9.17) is 11.1 Å². The summed E-state index contributed by atoms with van der Waals surface area (Å²) in [6.45, 7) is 1.84. The SMILES string of the molecule is CC#C[Si](Cl)(c1ccccc1)c1ccccc1. The third-order valence-corrected chi connectivity index (χ3v) is 7.09. The van der Waals surface area contributed by atoms with E-state index in [9.17, 15) is 0 Å². The van der Waals surface area contributed by atoms with Crippen molar-refractivity contribution in [3.63, 3.8) is 0 Å². The molecule has 0 atom stereocenters. The molecule has 0 nitrogen and oxygen atoms in total. The Balaban J connectivity index is 2.58. The zero-order valence-corrected chi connectivity index (χ0v) is 11.4. The molecule has 0 radical (unpaired) electrons. The molecule has 0 heterocycles. The van der Waals surface area contributed by atoms with Gasteiger partial charge in [0, 0.05) is 0 Å². The quantitative estimate of drug-likeness (QED) is 0.440. The summed E-state index contributed by atoms with van der Waals surface area (Å²) in [5.74, 6) is 2.99. The van der Waals surface area contributed by atoms with Crippen LogP contribution >= 0.6 is 11.1 Å². The van der Waals surface area contributed by atoms with Crippen LogP contribution in [0.3, 0.4) is 0 Å². The molecular formula is C15H13ClSi. The van der Waals surface area contributed by atoms with Crippen LogP contribution < -0.4 is 10.4 Å². The second-order valence-corrected chi connectivity index (χ2v) is 8.19. The van der Waals surface area contributed by atoms with E-state index in [2.05, 4.69) is 35.7 Å². The first-order valence-electron chi connectivity index (χ1n) is 5.51. The summed E-state index contributed by atoms with van der Waals surface area (Å²) < 4.78 is 0. The summed E-state index contributed by atoms with van der Waals surface area (Å²) in [6.07, 6.45) is 0. The summed E-state index contributed by atoms with van der Waals surface area (Å²) in [5, 5.41) is 2.28. The van der Waals surface area contributed by atoms with E-state index >= 15 is 0 Å². The maximum Gasteiger partial charge on any atom is 0.293 e. The predicted molar refractivity (Wildman–Crippen MR) is 77.2 cm³/mol.